The number of benzene rings is 1. The molecule has 0 aliphatic rings. The van der Waals surface area contributed by atoms with Crippen LogP contribution in [-0.4, -0.2) is 20.2 Å². The summed E-state index contributed by atoms with van der Waals surface area (Å²) < 4.78 is 13.3. The minimum absolute atomic E-state index is 0.101. The molecule has 0 atom stereocenters. The first-order valence-electron chi connectivity index (χ1n) is 3.98. The first kappa shape index (κ1) is 9.88. The Bertz CT molecular complexity index is 474. The van der Waals surface area contributed by atoms with Gasteiger partial charge in [0.2, 0.25) is 0 Å². The minimum Gasteiger partial charge on any atom is -0.291 e. The number of rotatable bonds is 2. The van der Waals surface area contributed by atoms with E-state index in [4.69, 9.17) is 16.8 Å². The minimum atomic E-state index is -0.644. The molecular formula is C8H6ClFN4O. The SMILES string of the molecule is ONc1cc(Cl)c(-n2nccn2)cc1F. The van der Waals surface area contributed by atoms with Gasteiger partial charge in [-0.1, -0.05) is 11.6 Å². The highest BCUT2D eigenvalue weighted by Crippen LogP contribution is 2.25. The zero-order valence-corrected chi connectivity index (χ0v) is 8.11. The third kappa shape index (κ3) is 1.77. The summed E-state index contributed by atoms with van der Waals surface area (Å²) in [5.41, 5.74) is 1.90. The van der Waals surface area contributed by atoms with E-state index in [-0.39, 0.29) is 10.7 Å². The molecule has 1 heterocycles. The standard InChI is InChI=1S/C8H6ClFN4O/c9-5-3-7(13-15)6(10)4-8(5)14-11-1-2-12-14/h1-4,13,15H. The van der Waals surface area contributed by atoms with Gasteiger partial charge in [-0.3, -0.25) is 10.7 Å². The average molecular weight is 229 g/mol. The van der Waals surface area contributed by atoms with Gasteiger partial charge in [-0.2, -0.15) is 10.2 Å². The van der Waals surface area contributed by atoms with Crippen LogP contribution in [0.15, 0.2) is 24.5 Å². The van der Waals surface area contributed by atoms with Crippen molar-refractivity contribution in [1.82, 2.24) is 15.0 Å². The molecule has 78 valence electrons. The lowest BCUT2D eigenvalue weighted by molar-refractivity contribution is 0.384. The summed E-state index contributed by atoms with van der Waals surface area (Å²) in [6.45, 7) is 0. The molecule has 0 radical (unpaired) electrons. The summed E-state index contributed by atoms with van der Waals surface area (Å²) in [5.74, 6) is -0.644. The Hall–Kier alpha value is -1.66. The molecule has 0 unspecified atom stereocenters. The maximum Gasteiger partial charge on any atom is 0.150 e. The summed E-state index contributed by atoms with van der Waals surface area (Å²) in [5, 5.41) is 16.4. The second-order valence-corrected chi connectivity index (χ2v) is 3.12. The Balaban J connectivity index is 2.55. The van der Waals surface area contributed by atoms with Gasteiger partial charge in [-0.15, -0.1) is 4.80 Å². The van der Waals surface area contributed by atoms with Crippen LogP contribution in [0, 0.1) is 5.82 Å². The highest BCUT2D eigenvalue weighted by Gasteiger charge is 2.10. The van der Waals surface area contributed by atoms with E-state index in [1.807, 2.05) is 0 Å². The van der Waals surface area contributed by atoms with Gasteiger partial charge in [0.05, 0.1) is 23.1 Å². The van der Waals surface area contributed by atoms with Crippen LogP contribution < -0.4 is 5.48 Å². The lowest BCUT2D eigenvalue weighted by atomic mass is 10.3. The molecule has 0 bridgehead atoms. The van der Waals surface area contributed by atoms with Gasteiger partial charge in [0, 0.05) is 6.07 Å². The van der Waals surface area contributed by atoms with E-state index < -0.39 is 5.82 Å². The zero-order chi connectivity index (χ0) is 10.8. The van der Waals surface area contributed by atoms with Gasteiger partial charge in [0.15, 0.2) is 5.82 Å². The first-order chi connectivity index (χ1) is 7.22. The van der Waals surface area contributed by atoms with E-state index in [1.54, 1.807) is 5.48 Å². The van der Waals surface area contributed by atoms with Crippen LogP contribution in [-0.2, 0) is 0 Å². The molecule has 15 heavy (non-hydrogen) atoms. The number of hydrogen-bond donors (Lipinski definition) is 2. The number of nitrogens with zero attached hydrogens (tertiary/aromatic N) is 3. The van der Waals surface area contributed by atoms with Gasteiger partial charge in [0.25, 0.3) is 0 Å². The molecule has 5 nitrogen and oxygen atoms in total. The topological polar surface area (TPSA) is 63.0 Å². The van der Waals surface area contributed by atoms with E-state index in [0.717, 1.165) is 6.07 Å². The molecule has 1 aromatic carbocycles. The van der Waals surface area contributed by atoms with Crippen LogP contribution in [0.3, 0.4) is 0 Å². The molecule has 0 amide bonds. The predicted octanol–water partition coefficient (Wildman–Crippen LogP) is 1.86. The fourth-order valence-electron chi connectivity index (χ4n) is 1.12. The summed E-state index contributed by atoms with van der Waals surface area (Å²) in [7, 11) is 0. The normalized spacial score (nSPS) is 10.3. The molecule has 0 aliphatic carbocycles. The van der Waals surface area contributed by atoms with Crippen LogP contribution in [0.1, 0.15) is 0 Å². The lowest BCUT2D eigenvalue weighted by Crippen LogP contribution is -2.02. The van der Waals surface area contributed by atoms with Gasteiger partial charge >= 0.3 is 0 Å². The Morgan fingerprint density at radius 1 is 1.33 bits per heavy atom. The third-order valence-electron chi connectivity index (χ3n) is 1.79. The van der Waals surface area contributed by atoms with Gasteiger partial charge in [0.1, 0.15) is 5.69 Å². The van der Waals surface area contributed by atoms with Crippen molar-refractivity contribution in [3.05, 3.63) is 35.4 Å². The van der Waals surface area contributed by atoms with Gasteiger partial charge < -0.3 is 0 Å². The van der Waals surface area contributed by atoms with E-state index >= 15 is 0 Å². The van der Waals surface area contributed by atoms with Crippen LogP contribution in [0.5, 0.6) is 0 Å². The van der Waals surface area contributed by atoms with Gasteiger partial charge in [-0.25, -0.2) is 4.39 Å². The Morgan fingerprint density at radius 2 is 2.00 bits per heavy atom. The van der Waals surface area contributed by atoms with Crippen molar-refractivity contribution in [3.63, 3.8) is 0 Å². The smallest absolute Gasteiger partial charge is 0.150 e. The van der Waals surface area contributed by atoms with Crippen molar-refractivity contribution in [2.24, 2.45) is 0 Å². The van der Waals surface area contributed by atoms with Crippen LogP contribution in [0.2, 0.25) is 5.02 Å². The largest absolute Gasteiger partial charge is 0.291 e. The summed E-state index contributed by atoms with van der Waals surface area (Å²) in [4.78, 5) is 1.19. The second-order valence-electron chi connectivity index (χ2n) is 2.71. The lowest BCUT2D eigenvalue weighted by Gasteiger charge is -2.06. The number of hydrogen-bond acceptors (Lipinski definition) is 4. The number of halogens is 2. The van der Waals surface area contributed by atoms with E-state index in [9.17, 15) is 4.39 Å². The first-order valence-corrected chi connectivity index (χ1v) is 4.36. The Kier molecular flexibility index (Phi) is 2.53. The number of aromatic nitrogens is 3. The maximum absolute atomic E-state index is 13.3. The fourth-order valence-corrected chi connectivity index (χ4v) is 1.35. The summed E-state index contributed by atoms with van der Waals surface area (Å²) in [6.07, 6.45) is 2.90. The maximum atomic E-state index is 13.3. The second kappa shape index (κ2) is 3.84. The highest BCUT2D eigenvalue weighted by molar-refractivity contribution is 6.32. The molecule has 7 heteroatoms. The molecule has 2 rings (SSSR count). The summed E-state index contributed by atoms with van der Waals surface area (Å²) in [6, 6.07) is 2.37. The fraction of sp³-hybridized carbons (Fsp3) is 0. The molecule has 1 aromatic heterocycles. The van der Waals surface area contributed by atoms with E-state index in [2.05, 4.69) is 10.2 Å². The van der Waals surface area contributed by atoms with Gasteiger partial charge in [-0.05, 0) is 6.07 Å². The number of anilines is 1. The van der Waals surface area contributed by atoms with Crippen LogP contribution in [0.25, 0.3) is 5.69 Å². The molecule has 0 fully saturated rings. The van der Waals surface area contributed by atoms with Crippen molar-refractivity contribution in [2.45, 2.75) is 0 Å². The van der Waals surface area contributed by atoms with Crippen molar-refractivity contribution in [1.29, 1.82) is 0 Å². The molecule has 0 aliphatic heterocycles. The van der Waals surface area contributed by atoms with Crippen LogP contribution in [0.4, 0.5) is 10.1 Å². The zero-order valence-electron chi connectivity index (χ0n) is 7.35. The molecule has 2 N–H and O–H groups in total. The molecule has 0 spiro atoms. The number of nitrogens with one attached hydrogen (secondary N) is 1. The molecular weight excluding hydrogens is 223 g/mol. The van der Waals surface area contributed by atoms with Crippen molar-refractivity contribution in [2.75, 3.05) is 5.48 Å². The molecule has 2 aromatic rings. The van der Waals surface area contributed by atoms with E-state index in [1.165, 1.54) is 23.3 Å². The quantitative estimate of drug-likeness (QED) is 0.771. The van der Waals surface area contributed by atoms with Crippen molar-refractivity contribution >= 4 is 17.3 Å². The average Bonchev–Trinajstić information content (AvgIpc) is 2.74. The Morgan fingerprint density at radius 3 is 2.60 bits per heavy atom. The van der Waals surface area contributed by atoms with Crippen molar-refractivity contribution in [3.8, 4) is 5.69 Å². The Labute approximate surface area is 89.1 Å². The van der Waals surface area contributed by atoms with Crippen molar-refractivity contribution < 1.29 is 9.60 Å². The highest BCUT2D eigenvalue weighted by atomic mass is 35.5. The predicted molar refractivity (Wildman–Crippen MR) is 51.7 cm³/mol. The van der Waals surface area contributed by atoms with Crippen LogP contribution >= 0.6 is 11.6 Å². The third-order valence-corrected chi connectivity index (χ3v) is 2.09. The summed E-state index contributed by atoms with van der Waals surface area (Å²) >= 11 is 5.85. The monoisotopic (exact) mass is 228 g/mol. The van der Waals surface area contributed by atoms with E-state index in [0.29, 0.717) is 5.69 Å². The molecule has 0 saturated heterocycles. The molecule has 0 saturated carbocycles.